The third-order valence-electron chi connectivity index (χ3n) is 3.44. The lowest BCUT2D eigenvalue weighted by Crippen LogP contribution is -2.08. The molecule has 0 N–H and O–H groups in total. The summed E-state index contributed by atoms with van der Waals surface area (Å²) >= 11 is 5.83. The van der Waals surface area contributed by atoms with Gasteiger partial charge in [-0.1, -0.05) is 36.7 Å². The molecule has 2 rings (SSSR count). The summed E-state index contributed by atoms with van der Waals surface area (Å²) in [6.07, 6.45) is -4.32. The maximum Gasteiger partial charge on any atom is 0.416 e. The highest BCUT2D eigenvalue weighted by atomic mass is 35.5. The van der Waals surface area contributed by atoms with E-state index >= 15 is 0 Å². The van der Waals surface area contributed by atoms with Crippen molar-refractivity contribution in [3.8, 4) is 0 Å². The monoisotopic (exact) mass is 298 g/mol. The Hall–Kier alpha value is -1.48. The molecule has 0 bridgehead atoms. The molecule has 0 aliphatic rings. The van der Waals surface area contributed by atoms with Crippen molar-refractivity contribution in [2.45, 2.75) is 25.9 Å². The van der Waals surface area contributed by atoms with Crippen LogP contribution in [0.3, 0.4) is 0 Å². The minimum absolute atomic E-state index is 0.116. The van der Waals surface area contributed by atoms with Crippen LogP contribution in [0.4, 0.5) is 13.2 Å². The van der Waals surface area contributed by atoms with Crippen LogP contribution in [0, 0.1) is 6.92 Å². The van der Waals surface area contributed by atoms with Gasteiger partial charge in [0.15, 0.2) is 0 Å². The van der Waals surface area contributed by atoms with Crippen molar-refractivity contribution < 1.29 is 13.2 Å². The molecular formula is C16H14ClF3. The predicted molar refractivity (Wildman–Crippen MR) is 75.2 cm³/mol. The van der Waals surface area contributed by atoms with E-state index in [9.17, 15) is 13.2 Å². The van der Waals surface area contributed by atoms with E-state index in [-0.39, 0.29) is 5.92 Å². The Morgan fingerprint density at radius 2 is 1.60 bits per heavy atom. The first kappa shape index (κ1) is 14.9. The van der Waals surface area contributed by atoms with Crippen LogP contribution in [0.25, 0.3) is 0 Å². The van der Waals surface area contributed by atoms with Gasteiger partial charge in [-0.15, -0.1) is 0 Å². The van der Waals surface area contributed by atoms with Crippen LogP contribution < -0.4 is 0 Å². The van der Waals surface area contributed by atoms with E-state index < -0.39 is 11.7 Å². The minimum Gasteiger partial charge on any atom is -0.166 e. The number of alkyl halides is 3. The van der Waals surface area contributed by atoms with Crippen molar-refractivity contribution in [2.24, 2.45) is 0 Å². The van der Waals surface area contributed by atoms with E-state index in [2.05, 4.69) is 0 Å². The van der Waals surface area contributed by atoms with Gasteiger partial charge in [0.05, 0.1) is 5.56 Å². The van der Waals surface area contributed by atoms with E-state index in [1.807, 2.05) is 26.0 Å². The average Bonchev–Trinajstić information content (AvgIpc) is 2.38. The molecule has 106 valence electrons. The molecule has 20 heavy (non-hydrogen) atoms. The fraction of sp³-hybridized carbons (Fsp3) is 0.250. The zero-order valence-electron chi connectivity index (χ0n) is 11.1. The van der Waals surface area contributed by atoms with E-state index in [0.29, 0.717) is 10.6 Å². The van der Waals surface area contributed by atoms with E-state index in [1.54, 1.807) is 12.1 Å². The molecule has 0 heterocycles. The number of benzene rings is 2. The quantitative estimate of drug-likeness (QED) is 0.655. The fourth-order valence-electron chi connectivity index (χ4n) is 2.21. The van der Waals surface area contributed by atoms with E-state index in [0.717, 1.165) is 17.2 Å². The van der Waals surface area contributed by atoms with Crippen LogP contribution in [0.1, 0.15) is 35.1 Å². The molecule has 0 aromatic heterocycles. The standard InChI is InChI=1S/C16H14ClF3/c1-10-3-6-13(16(18,19)20)9-15(10)11(2)12-4-7-14(17)8-5-12/h3-9,11H,1-2H3. The molecule has 0 aliphatic heterocycles. The van der Waals surface area contributed by atoms with Gasteiger partial charge in [0.25, 0.3) is 0 Å². The molecular weight excluding hydrogens is 285 g/mol. The minimum atomic E-state index is -4.32. The lowest BCUT2D eigenvalue weighted by atomic mass is 9.89. The predicted octanol–water partition coefficient (Wildman–Crippen LogP) is 5.82. The third kappa shape index (κ3) is 3.15. The molecule has 0 amide bonds. The van der Waals surface area contributed by atoms with Gasteiger partial charge in [-0.2, -0.15) is 13.2 Å². The summed E-state index contributed by atoms with van der Waals surface area (Å²) in [5, 5.41) is 0.613. The van der Waals surface area contributed by atoms with Gasteiger partial charge in [0.2, 0.25) is 0 Å². The third-order valence-corrected chi connectivity index (χ3v) is 3.70. The van der Waals surface area contributed by atoms with Crippen LogP contribution in [0.5, 0.6) is 0 Å². The largest absolute Gasteiger partial charge is 0.416 e. The normalized spacial score (nSPS) is 13.3. The van der Waals surface area contributed by atoms with Crippen LogP contribution in [-0.4, -0.2) is 0 Å². The molecule has 4 heteroatoms. The van der Waals surface area contributed by atoms with Crippen molar-refractivity contribution in [3.05, 3.63) is 69.7 Å². The van der Waals surface area contributed by atoms with Gasteiger partial charge in [0, 0.05) is 10.9 Å². The van der Waals surface area contributed by atoms with Crippen molar-refractivity contribution in [1.82, 2.24) is 0 Å². The highest BCUT2D eigenvalue weighted by molar-refractivity contribution is 6.30. The molecule has 0 saturated heterocycles. The second-order valence-electron chi connectivity index (χ2n) is 4.84. The summed E-state index contributed by atoms with van der Waals surface area (Å²) in [6.45, 7) is 3.72. The maximum absolute atomic E-state index is 12.8. The first-order valence-electron chi connectivity index (χ1n) is 6.22. The van der Waals surface area contributed by atoms with Gasteiger partial charge in [-0.3, -0.25) is 0 Å². The first-order valence-corrected chi connectivity index (χ1v) is 6.60. The molecule has 0 fully saturated rings. The van der Waals surface area contributed by atoms with Crippen molar-refractivity contribution in [3.63, 3.8) is 0 Å². The van der Waals surface area contributed by atoms with Crippen LogP contribution >= 0.6 is 11.6 Å². The average molecular weight is 299 g/mol. The van der Waals surface area contributed by atoms with Crippen molar-refractivity contribution >= 4 is 11.6 Å². The Kier molecular flexibility index (Phi) is 4.09. The topological polar surface area (TPSA) is 0 Å². The first-order chi connectivity index (χ1) is 9.29. The molecule has 2 aromatic rings. The lowest BCUT2D eigenvalue weighted by Gasteiger charge is -2.17. The second kappa shape index (κ2) is 5.49. The highest BCUT2D eigenvalue weighted by Crippen LogP contribution is 2.34. The Morgan fingerprint density at radius 1 is 1.00 bits per heavy atom. The fourth-order valence-corrected chi connectivity index (χ4v) is 2.34. The SMILES string of the molecule is Cc1ccc(C(F)(F)F)cc1C(C)c1ccc(Cl)cc1. The zero-order valence-corrected chi connectivity index (χ0v) is 11.9. The summed E-state index contributed by atoms with van der Waals surface area (Å²) in [7, 11) is 0. The van der Waals surface area contributed by atoms with Gasteiger partial charge in [-0.05, 0) is 47.9 Å². The second-order valence-corrected chi connectivity index (χ2v) is 5.28. The Bertz CT molecular complexity index is 600. The van der Waals surface area contributed by atoms with Crippen LogP contribution in [-0.2, 0) is 6.18 Å². The highest BCUT2D eigenvalue weighted by Gasteiger charge is 2.31. The van der Waals surface area contributed by atoms with E-state index in [4.69, 9.17) is 11.6 Å². The summed E-state index contributed by atoms with van der Waals surface area (Å²) < 4.78 is 38.4. The Morgan fingerprint density at radius 3 is 2.15 bits per heavy atom. The van der Waals surface area contributed by atoms with Crippen LogP contribution in [0.15, 0.2) is 42.5 Å². The van der Waals surface area contributed by atoms with E-state index in [1.165, 1.54) is 12.1 Å². The number of hydrogen-bond acceptors (Lipinski definition) is 0. The Balaban J connectivity index is 2.43. The number of halogens is 4. The zero-order chi connectivity index (χ0) is 14.9. The molecule has 1 unspecified atom stereocenters. The molecule has 0 aliphatic carbocycles. The molecule has 1 atom stereocenters. The number of aryl methyl sites for hydroxylation is 1. The van der Waals surface area contributed by atoms with Gasteiger partial charge >= 0.3 is 6.18 Å². The summed E-state index contributed by atoms with van der Waals surface area (Å²) in [5.41, 5.74) is 1.86. The van der Waals surface area contributed by atoms with Crippen molar-refractivity contribution in [1.29, 1.82) is 0 Å². The molecule has 0 radical (unpaired) electrons. The smallest absolute Gasteiger partial charge is 0.166 e. The molecule has 0 nitrogen and oxygen atoms in total. The molecule has 0 spiro atoms. The number of rotatable bonds is 2. The van der Waals surface area contributed by atoms with Gasteiger partial charge in [-0.25, -0.2) is 0 Å². The summed E-state index contributed by atoms with van der Waals surface area (Å²) in [6, 6.07) is 11.0. The lowest BCUT2D eigenvalue weighted by molar-refractivity contribution is -0.137. The van der Waals surface area contributed by atoms with Gasteiger partial charge < -0.3 is 0 Å². The van der Waals surface area contributed by atoms with Crippen molar-refractivity contribution in [2.75, 3.05) is 0 Å². The maximum atomic E-state index is 12.8. The molecule has 2 aromatic carbocycles. The number of hydrogen-bond donors (Lipinski definition) is 0. The van der Waals surface area contributed by atoms with Gasteiger partial charge in [0.1, 0.15) is 0 Å². The molecule has 0 saturated carbocycles. The summed E-state index contributed by atoms with van der Waals surface area (Å²) in [4.78, 5) is 0. The Labute approximate surface area is 121 Å². The summed E-state index contributed by atoms with van der Waals surface area (Å²) in [5.74, 6) is -0.116. The van der Waals surface area contributed by atoms with Crippen LogP contribution in [0.2, 0.25) is 5.02 Å².